The van der Waals surface area contributed by atoms with E-state index in [1.54, 1.807) is 5.57 Å². The molecule has 5 unspecified atom stereocenters. The zero-order valence-electron chi connectivity index (χ0n) is 10.5. The molecule has 5 atom stereocenters. The van der Waals surface area contributed by atoms with Crippen molar-refractivity contribution in [3.8, 4) is 0 Å². The topological polar surface area (TPSA) is 0 Å². The van der Waals surface area contributed by atoms with Crippen LogP contribution in [0.5, 0.6) is 0 Å². The predicted molar refractivity (Wildman–Crippen MR) is 71.5 cm³/mol. The van der Waals surface area contributed by atoms with Crippen LogP contribution in [0.15, 0.2) is 36.0 Å². The molecule has 0 saturated heterocycles. The molecule has 0 aromatic heterocycles. The smallest absolute Gasteiger partial charge is 0.0133 e. The molecule has 0 aromatic rings. The van der Waals surface area contributed by atoms with Gasteiger partial charge in [0.15, 0.2) is 0 Å². The fourth-order valence-corrected chi connectivity index (χ4v) is 4.66. The van der Waals surface area contributed by atoms with Gasteiger partial charge in [-0.2, -0.15) is 0 Å². The van der Waals surface area contributed by atoms with Crippen LogP contribution in [0.2, 0.25) is 0 Å². The van der Waals surface area contributed by atoms with E-state index in [1.807, 2.05) is 0 Å². The molecule has 2 saturated carbocycles. The van der Waals surface area contributed by atoms with E-state index < -0.39 is 0 Å². The maximum absolute atomic E-state index is 2.44. The van der Waals surface area contributed by atoms with Crippen LogP contribution < -0.4 is 0 Å². The highest BCUT2D eigenvalue weighted by Gasteiger charge is 2.44. The minimum atomic E-state index is 0.925. The van der Waals surface area contributed by atoms with Crippen molar-refractivity contribution < 1.29 is 0 Å². The molecule has 4 bridgehead atoms. The second-order valence-corrected chi connectivity index (χ2v) is 6.56. The molecule has 0 heterocycles. The van der Waals surface area contributed by atoms with Crippen LogP contribution >= 0.6 is 0 Å². The zero-order chi connectivity index (χ0) is 11.2. The third-order valence-corrected chi connectivity index (χ3v) is 5.62. The lowest BCUT2D eigenvalue weighted by atomic mass is 9.86. The highest BCUT2D eigenvalue weighted by Crippen LogP contribution is 2.52. The van der Waals surface area contributed by atoms with E-state index in [0.717, 1.165) is 29.6 Å². The summed E-state index contributed by atoms with van der Waals surface area (Å²) < 4.78 is 0. The van der Waals surface area contributed by atoms with Gasteiger partial charge < -0.3 is 0 Å². The molecule has 0 amide bonds. The highest BCUT2D eigenvalue weighted by molar-refractivity contribution is 5.21. The summed E-state index contributed by atoms with van der Waals surface area (Å²) in [6.07, 6.45) is 20.7. The molecule has 17 heavy (non-hydrogen) atoms. The summed E-state index contributed by atoms with van der Waals surface area (Å²) in [4.78, 5) is 0. The molecule has 5 aliphatic rings. The molecule has 0 aromatic carbocycles. The van der Waals surface area contributed by atoms with Crippen molar-refractivity contribution in [2.24, 2.45) is 29.6 Å². The Kier molecular flexibility index (Phi) is 2.31. The summed E-state index contributed by atoms with van der Waals surface area (Å²) in [5, 5.41) is 0. The number of rotatable bonds is 0. The number of allylic oxidation sites excluding steroid dienone is 6. The predicted octanol–water partition coefficient (Wildman–Crippen LogP) is 4.50. The lowest BCUT2D eigenvalue weighted by Crippen LogP contribution is -2.12. The van der Waals surface area contributed by atoms with Gasteiger partial charge in [0.25, 0.3) is 0 Å². The first-order valence-electron chi connectivity index (χ1n) is 7.43. The second-order valence-electron chi connectivity index (χ2n) is 6.56. The molecular formula is C17H22. The van der Waals surface area contributed by atoms with Gasteiger partial charge >= 0.3 is 0 Å². The molecule has 0 nitrogen and oxygen atoms in total. The quantitative estimate of drug-likeness (QED) is 0.533. The van der Waals surface area contributed by atoms with E-state index >= 15 is 0 Å². The van der Waals surface area contributed by atoms with Crippen molar-refractivity contribution >= 4 is 0 Å². The number of hydrogen-bond acceptors (Lipinski definition) is 0. The summed E-state index contributed by atoms with van der Waals surface area (Å²) in [6, 6.07) is 0. The van der Waals surface area contributed by atoms with Gasteiger partial charge in [-0.1, -0.05) is 36.0 Å². The van der Waals surface area contributed by atoms with Crippen molar-refractivity contribution in [3.63, 3.8) is 0 Å². The van der Waals surface area contributed by atoms with Crippen molar-refractivity contribution in [1.82, 2.24) is 0 Å². The van der Waals surface area contributed by atoms with Crippen LogP contribution in [0.25, 0.3) is 0 Å². The minimum Gasteiger partial charge on any atom is -0.0879 e. The summed E-state index contributed by atoms with van der Waals surface area (Å²) in [5.41, 5.74) is 1.74. The van der Waals surface area contributed by atoms with Gasteiger partial charge in [-0.3, -0.25) is 0 Å². The van der Waals surface area contributed by atoms with Gasteiger partial charge in [0.2, 0.25) is 0 Å². The molecule has 0 heteroatoms. The Morgan fingerprint density at radius 3 is 2.53 bits per heavy atom. The Balaban J connectivity index is 0.000000101. The summed E-state index contributed by atoms with van der Waals surface area (Å²) >= 11 is 0. The van der Waals surface area contributed by atoms with E-state index in [1.165, 1.54) is 38.5 Å². The lowest BCUT2D eigenvalue weighted by molar-refractivity contribution is 0.398. The maximum atomic E-state index is 2.44. The van der Waals surface area contributed by atoms with Crippen LogP contribution in [0.4, 0.5) is 0 Å². The first-order chi connectivity index (χ1) is 8.40. The zero-order valence-corrected chi connectivity index (χ0v) is 10.5. The van der Waals surface area contributed by atoms with Gasteiger partial charge in [-0.15, -0.1) is 0 Å². The third kappa shape index (κ3) is 1.64. The molecule has 5 rings (SSSR count). The van der Waals surface area contributed by atoms with Gasteiger partial charge in [0.1, 0.15) is 0 Å². The van der Waals surface area contributed by atoms with Crippen molar-refractivity contribution in [1.29, 1.82) is 0 Å². The Bertz CT molecular complexity index is 398. The molecule has 2 fully saturated rings. The Labute approximate surface area is 104 Å². The van der Waals surface area contributed by atoms with Crippen LogP contribution in [0.1, 0.15) is 38.5 Å². The van der Waals surface area contributed by atoms with Gasteiger partial charge in [0.05, 0.1) is 0 Å². The molecule has 5 aliphatic carbocycles. The standard InChI is InChI=1S/C10H12.C7H10/c1-2-9-7-4-5-8(6-7)10(9)3-1;1-2-7-4-3-6(1)5-7/h1-2,4-5,7-10H,3,6H2;1,7H,2-5H2. The molecule has 0 radical (unpaired) electrons. The average molecular weight is 226 g/mol. The van der Waals surface area contributed by atoms with Crippen molar-refractivity contribution in [3.05, 3.63) is 36.0 Å². The van der Waals surface area contributed by atoms with Crippen LogP contribution in [0.3, 0.4) is 0 Å². The van der Waals surface area contributed by atoms with E-state index in [2.05, 4.69) is 30.4 Å². The Hall–Kier alpha value is -0.780. The van der Waals surface area contributed by atoms with Crippen LogP contribution in [-0.2, 0) is 0 Å². The van der Waals surface area contributed by atoms with E-state index in [0.29, 0.717) is 0 Å². The summed E-state index contributed by atoms with van der Waals surface area (Å²) in [7, 11) is 0. The van der Waals surface area contributed by atoms with Crippen LogP contribution in [0, 0.1) is 29.6 Å². The van der Waals surface area contributed by atoms with Crippen molar-refractivity contribution in [2.75, 3.05) is 0 Å². The molecule has 0 aliphatic heterocycles. The number of hydrogen-bond donors (Lipinski definition) is 0. The van der Waals surface area contributed by atoms with Gasteiger partial charge in [0, 0.05) is 0 Å². The Morgan fingerprint density at radius 1 is 1.00 bits per heavy atom. The monoisotopic (exact) mass is 226 g/mol. The largest absolute Gasteiger partial charge is 0.0879 e. The molecule has 0 spiro atoms. The van der Waals surface area contributed by atoms with Gasteiger partial charge in [-0.05, 0) is 68.1 Å². The van der Waals surface area contributed by atoms with Crippen molar-refractivity contribution in [2.45, 2.75) is 38.5 Å². The van der Waals surface area contributed by atoms with E-state index in [9.17, 15) is 0 Å². The fourth-order valence-electron chi connectivity index (χ4n) is 4.66. The molecule has 90 valence electrons. The van der Waals surface area contributed by atoms with Crippen LogP contribution in [-0.4, -0.2) is 0 Å². The fraction of sp³-hybridized carbons (Fsp3) is 0.647. The molecular weight excluding hydrogens is 204 g/mol. The lowest BCUT2D eigenvalue weighted by Gasteiger charge is -2.18. The highest BCUT2D eigenvalue weighted by atomic mass is 14.5. The van der Waals surface area contributed by atoms with Gasteiger partial charge in [-0.25, -0.2) is 0 Å². The second kappa shape index (κ2) is 3.86. The number of fused-ring (bicyclic) bond motifs is 7. The Morgan fingerprint density at radius 2 is 1.94 bits per heavy atom. The summed E-state index contributed by atoms with van der Waals surface area (Å²) in [6.45, 7) is 0. The third-order valence-electron chi connectivity index (χ3n) is 5.62. The van der Waals surface area contributed by atoms with E-state index in [4.69, 9.17) is 0 Å². The first-order valence-corrected chi connectivity index (χ1v) is 7.43. The minimum absolute atomic E-state index is 0.925. The first kappa shape index (κ1) is 10.2. The summed E-state index contributed by atoms with van der Waals surface area (Å²) in [5.74, 6) is 4.90. The maximum Gasteiger partial charge on any atom is -0.0133 e. The van der Waals surface area contributed by atoms with E-state index in [-0.39, 0.29) is 0 Å². The average Bonchev–Trinajstić information content (AvgIpc) is 3.15. The molecule has 0 N–H and O–H groups in total. The normalized spacial score (nSPS) is 47.1. The SMILES string of the molecule is C1=C2CCC(C1)C2.C1=CC2C3C=CC(C3)C2C1.